The molecule has 6 nitrogen and oxygen atoms in total. The second kappa shape index (κ2) is 9.23. The molecule has 1 fully saturated rings. The smallest absolute Gasteiger partial charge is 0.261 e. The molecule has 0 bridgehead atoms. The van der Waals surface area contributed by atoms with Gasteiger partial charge in [0, 0.05) is 42.5 Å². The molecule has 1 aromatic carbocycles. The molecule has 160 valence electrons. The van der Waals surface area contributed by atoms with E-state index in [1.54, 1.807) is 10.5 Å². The van der Waals surface area contributed by atoms with Crippen LogP contribution in [0.15, 0.2) is 41.3 Å². The maximum atomic E-state index is 13.0. The van der Waals surface area contributed by atoms with Crippen molar-refractivity contribution in [3.63, 3.8) is 0 Å². The average molecular weight is 428 g/mol. The summed E-state index contributed by atoms with van der Waals surface area (Å²) >= 11 is 6.04. The molecule has 2 aromatic heterocycles. The van der Waals surface area contributed by atoms with Gasteiger partial charge in [-0.2, -0.15) is 0 Å². The number of nitrogens with zero attached hydrogens (tertiary/aromatic N) is 4. The Balaban J connectivity index is 1.81. The zero-order valence-electron chi connectivity index (χ0n) is 17.6. The van der Waals surface area contributed by atoms with Crippen molar-refractivity contribution in [3.8, 4) is 11.3 Å². The quantitative estimate of drug-likeness (QED) is 0.574. The molecule has 1 unspecified atom stereocenters. The Hall–Kier alpha value is -2.31. The van der Waals surface area contributed by atoms with E-state index in [9.17, 15) is 4.79 Å². The van der Waals surface area contributed by atoms with Gasteiger partial charge in [0.2, 0.25) is 5.78 Å². The van der Waals surface area contributed by atoms with Gasteiger partial charge in [-0.3, -0.25) is 13.8 Å². The maximum Gasteiger partial charge on any atom is 0.261 e. The summed E-state index contributed by atoms with van der Waals surface area (Å²) < 4.78 is 3.89. The number of imidazole rings is 1. The largest absolute Gasteiger partial charge is 0.357 e. The molecule has 0 spiro atoms. The van der Waals surface area contributed by atoms with E-state index < -0.39 is 0 Å². The minimum atomic E-state index is -0.0469. The lowest BCUT2D eigenvalue weighted by Crippen LogP contribution is -2.40. The van der Waals surface area contributed by atoms with Gasteiger partial charge in [0.25, 0.3) is 5.56 Å². The van der Waals surface area contributed by atoms with Gasteiger partial charge in [0.05, 0.1) is 5.69 Å². The van der Waals surface area contributed by atoms with Gasteiger partial charge in [0.15, 0.2) is 0 Å². The number of nitrogens with two attached hydrogens (primary N) is 1. The number of anilines is 1. The van der Waals surface area contributed by atoms with Crippen LogP contribution in [-0.2, 0) is 6.54 Å². The highest BCUT2D eigenvalue weighted by Crippen LogP contribution is 2.26. The van der Waals surface area contributed by atoms with Crippen LogP contribution in [0.25, 0.3) is 17.0 Å². The molecule has 4 rings (SSSR count). The summed E-state index contributed by atoms with van der Waals surface area (Å²) in [5.41, 5.74) is 7.64. The van der Waals surface area contributed by atoms with Crippen LogP contribution in [0.5, 0.6) is 0 Å². The van der Waals surface area contributed by atoms with Crippen LogP contribution in [0.4, 0.5) is 5.82 Å². The Morgan fingerprint density at radius 2 is 2.03 bits per heavy atom. The molecular weight excluding hydrogens is 398 g/mol. The second-order valence-electron chi connectivity index (χ2n) is 8.19. The number of piperidine rings is 1. The second-order valence-corrected chi connectivity index (χ2v) is 8.63. The summed E-state index contributed by atoms with van der Waals surface area (Å²) in [6, 6.07) is 9.34. The van der Waals surface area contributed by atoms with Crippen molar-refractivity contribution in [1.82, 2.24) is 14.0 Å². The predicted octanol–water partition coefficient (Wildman–Crippen LogP) is 4.18. The van der Waals surface area contributed by atoms with Crippen molar-refractivity contribution in [2.45, 2.75) is 45.6 Å². The number of hydrogen-bond donors (Lipinski definition) is 1. The number of fused-ring (bicyclic) bond motifs is 1. The van der Waals surface area contributed by atoms with Crippen LogP contribution >= 0.6 is 11.6 Å². The highest BCUT2D eigenvalue weighted by Gasteiger charge is 2.23. The fourth-order valence-electron chi connectivity index (χ4n) is 4.31. The number of unbranched alkanes of at least 4 members (excludes halogenated alkanes) is 2. The van der Waals surface area contributed by atoms with Gasteiger partial charge in [0.1, 0.15) is 5.82 Å². The van der Waals surface area contributed by atoms with Gasteiger partial charge in [-0.1, -0.05) is 43.5 Å². The third kappa shape index (κ3) is 4.25. The lowest BCUT2D eigenvalue weighted by Gasteiger charge is -2.35. The van der Waals surface area contributed by atoms with Gasteiger partial charge < -0.3 is 10.6 Å². The van der Waals surface area contributed by atoms with E-state index in [-0.39, 0.29) is 5.56 Å². The summed E-state index contributed by atoms with van der Waals surface area (Å²) in [5, 5.41) is 0.684. The van der Waals surface area contributed by atoms with Gasteiger partial charge in [-0.25, -0.2) is 4.98 Å². The van der Waals surface area contributed by atoms with Gasteiger partial charge >= 0.3 is 0 Å². The lowest BCUT2D eigenvalue weighted by atomic mass is 9.98. The van der Waals surface area contributed by atoms with Crippen LogP contribution in [0.3, 0.4) is 0 Å². The third-order valence-electron chi connectivity index (χ3n) is 6.00. The van der Waals surface area contributed by atoms with Crippen molar-refractivity contribution >= 4 is 23.2 Å². The Labute approximate surface area is 182 Å². The first-order valence-electron chi connectivity index (χ1n) is 10.9. The number of halogens is 1. The normalized spacial score (nSPS) is 17.0. The lowest BCUT2D eigenvalue weighted by molar-refractivity contribution is 0.416. The Morgan fingerprint density at radius 3 is 2.77 bits per heavy atom. The molecule has 1 atom stereocenters. The first kappa shape index (κ1) is 20.9. The number of aryl methyl sites for hydroxylation is 1. The van der Waals surface area contributed by atoms with Crippen LogP contribution < -0.4 is 16.2 Å². The molecule has 3 aromatic rings. The highest BCUT2D eigenvalue weighted by molar-refractivity contribution is 6.30. The minimum absolute atomic E-state index is 0.0469. The number of hydrogen-bond acceptors (Lipinski definition) is 4. The fourth-order valence-corrected chi connectivity index (χ4v) is 4.43. The van der Waals surface area contributed by atoms with Crippen molar-refractivity contribution < 1.29 is 0 Å². The van der Waals surface area contributed by atoms with Crippen LogP contribution in [0, 0.1) is 5.92 Å². The fraction of sp³-hybridized carbons (Fsp3) is 0.478. The average Bonchev–Trinajstić information content (AvgIpc) is 3.22. The Bertz CT molecular complexity index is 1060. The van der Waals surface area contributed by atoms with Gasteiger partial charge in [-0.15, -0.1) is 0 Å². The molecule has 1 aliphatic heterocycles. The maximum absolute atomic E-state index is 13.0. The van der Waals surface area contributed by atoms with E-state index in [2.05, 4.69) is 16.4 Å². The van der Waals surface area contributed by atoms with Crippen molar-refractivity contribution in [2.24, 2.45) is 11.7 Å². The molecule has 0 radical (unpaired) electrons. The molecule has 0 saturated carbocycles. The monoisotopic (exact) mass is 427 g/mol. The third-order valence-corrected chi connectivity index (χ3v) is 6.25. The molecule has 0 aliphatic carbocycles. The topological polar surface area (TPSA) is 68.6 Å². The summed E-state index contributed by atoms with van der Waals surface area (Å²) in [6.07, 6.45) is 7.43. The molecule has 1 aliphatic rings. The van der Waals surface area contributed by atoms with Crippen LogP contribution in [-0.4, -0.2) is 33.6 Å². The number of benzene rings is 1. The van der Waals surface area contributed by atoms with E-state index >= 15 is 0 Å². The van der Waals surface area contributed by atoms with Crippen molar-refractivity contribution in [3.05, 3.63) is 51.9 Å². The molecule has 2 N–H and O–H groups in total. The summed E-state index contributed by atoms with van der Waals surface area (Å²) in [4.78, 5) is 20.2. The number of rotatable bonds is 7. The van der Waals surface area contributed by atoms with Gasteiger partial charge in [-0.05, 0) is 43.9 Å². The molecule has 3 heterocycles. The SMILES string of the molecule is CCCCCn1c(N2CCCC(CN)C2)cc(=O)n2cc(-c3ccc(Cl)cc3)nc12. The van der Waals surface area contributed by atoms with Crippen LogP contribution in [0.1, 0.15) is 39.0 Å². The zero-order chi connectivity index (χ0) is 21.1. The first-order valence-corrected chi connectivity index (χ1v) is 11.3. The summed E-state index contributed by atoms with van der Waals surface area (Å²) in [5.74, 6) is 2.14. The summed E-state index contributed by atoms with van der Waals surface area (Å²) in [6.45, 7) is 5.57. The van der Waals surface area contributed by atoms with Crippen molar-refractivity contribution in [2.75, 3.05) is 24.5 Å². The number of aromatic nitrogens is 3. The molecule has 30 heavy (non-hydrogen) atoms. The minimum Gasteiger partial charge on any atom is -0.357 e. The van der Waals surface area contributed by atoms with E-state index in [4.69, 9.17) is 22.3 Å². The van der Waals surface area contributed by atoms with E-state index in [0.717, 1.165) is 68.8 Å². The zero-order valence-corrected chi connectivity index (χ0v) is 18.3. The highest BCUT2D eigenvalue weighted by atomic mass is 35.5. The van der Waals surface area contributed by atoms with Crippen LogP contribution in [0.2, 0.25) is 5.02 Å². The van der Waals surface area contributed by atoms with E-state index in [0.29, 0.717) is 23.3 Å². The standard InChI is InChI=1S/C23H30ClN5O/c1-2-3-4-12-28-21(27-11-5-6-17(14-25)15-27)13-22(30)29-16-20(26-23(28)29)18-7-9-19(24)10-8-18/h7-10,13,16-17H,2-6,11-12,14-15,25H2,1H3. The predicted molar refractivity (Wildman–Crippen MR) is 123 cm³/mol. The van der Waals surface area contributed by atoms with E-state index in [1.807, 2.05) is 30.5 Å². The molecule has 0 amide bonds. The molecular formula is C23H30ClN5O. The Kier molecular flexibility index (Phi) is 6.44. The van der Waals surface area contributed by atoms with E-state index in [1.165, 1.54) is 0 Å². The first-order chi connectivity index (χ1) is 14.6. The Morgan fingerprint density at radius 1 is 1.23 bits per heavy atom. The summed E-state index contributed by atoms with van der Waals surface area (Å²) in [7, 11) is 0. The molecule has 7 heteroatoms. The molecule has 1 saturated heterocycles. The van der Waals surface area contributed by atoms with Crippen molar-refractivity contribution in [1.29, 1.82) is 0 Å².